The maximum absolute atomic E-state index is 14.2. The third-order valence-corrected chi connectivity index (χ3v) is 8.99. The zero-order valence-corrected chi connectivity index (χ0v) is 21.2. The molecule has 194 valence electrons. The number of carbonyl (C=O) groups is 1. The van der Waals surface area contributed by atoms with Gasteiger partial charge in [0.05, 0.1) is 22.1 Å². The Balaban J connectivity index is 1.36. The highest BCUT2D eigenvalue weighted by Crippen LogP contribution is 2.35. The number of hydrogen-bond acceptors (Lipinski definition) is 4. The van der Waals surface area contributed by atoms with E-state index >= 15 is 0 Å². The second-order valence-electron chi connectivity index (χ2n) is 9.63. The first-order valence-corrected chi connectivity index (χ1v) is 13.8. The lowest BCUT2D eigenvalue weighted by Crippen LogP contribution is -2.38. The van der Waals surface area contributed by atoms with Gasteiger partial charge in [-0.15, -0.1) is 0 Å². The van der Waals surface area contributed by atoms with Crippen molar-refractivity contribution in [2.24, 2.45) is 5.92 Å². The molecule has 0 bridgehead atoms. The van der Waals surface area contributed by atoms with E-state index in [1.54, 1.807) is 36.7 Å². The zero-order chi connectivity index (χ0) is 26.4. The van der Waals surface area contributed by atoms with Crippen LogP contribution in [0.5, 0.6) is 0 Å². The summed E-state index contributed by atoms with van der Waals surface area (Å²) >= 11 is 0. The van der Waals surface area contributed by atoms with Crippen LogP contribution in [0.1, 0.15) is 12.8 Å². The van der Waals surface area contributed by atoms with Crippen molar-refractivity contribution >= 4 is 37.9 Å². The number of fused-ring (bicyclic) bond motifs is 2. The van der Waals surface area contributed by atoms with E-state index in [-0.39, 0.29) is 10.4 Å². The van der Waals surface area contributed by atoms with Crippen molar-refractivity contribution in [2.75, 3.05) is 13.1 Å². The number of likely N-dealkylation sites (tertiary alicyclic amines) is 1. The van der Waals surface area contributed by atoms with Crippen LogP contribution in [0.3, 0.4) is 0 Å². The van der Waals surface area contributed by atoms with Gasteiger partial charge in [0.25, 0.3) is 10.0 Å². The third-order valence-electron chi connectivity index (χ3n) is 7.30. The van der Waals surface area contributed by atoms with Crippen LogP contribution in [-0.2, 0) is 16.6 Å². The molecular formula is C28H25FN4O4S. The fourth-order valence-corrected chi connectivity index (χ4v) is 6.64. The molecule has 2 aromatic heterocycles. The van der Waals surface area contributed by atoms with E-state index < -0.39 is 21.9 Å². The lowest BCUT2D eigenvalue weighted by Gasteiger charge is -2.29. The van der Waals surface area contributed by atoms with Crippen LogP contribution in [0.15, 0.2) is 84.0 Å². The average Bonchev–Trinajstić information content (AvgIpc) is 3.50. The van der Waals surface area contributed by atoms with Gasteiger partial charge in [0.15, 0.2) is 0 Å². The molecular weight excluding hydrogens is 507 g/mol. The maximum atomic E-state index is 14.2. The van der Waals surface area contributed by atoms with Crippen molar-refractivity contribution in [3.05, 3.63) is 84.9 Å². The van der Waals surface area contributed by atoms with Gasteiger partial charge in [0.2, 0.25) is 0 Å². The first-order valence-electron chi connectivity index (χ1n) is 12.4. The van der Waals surface area contributed by atoms with E-state index in [0.717, 1.165) is 33.3 Å². The highest BCUT2D eigenvalue weighted by Gasteiger charge is 2.24. The summed E-state index contributed by atoms with van der Waals surface area (Å²) in [5.41, 5.74) is 2.69. The number of halogens is 1. The van der Waals surface area contributed by atoms with Crippen LogP contribution in [-0.4, -0.2) is 51.4 Å². The molecule has 1 fully saturated rings. The molecule has 0 radical (unpaired) electrons. The van der Waals surface area contributed by atoms with E-state index in [1.165, 1.54) is 29.2 Å². The van der Waals surface area contributed by atoms with E-state index in [0.29, 0.717) is 36.5 Å². The van der Waals surface area contributed by atoms with Crippen molar-refractivity contribution in [3.8, 4) is 11.1 Å². The Bertz CT molecular complexity index is 1770. The quantitative estimate of drug-likeness (QED) is 0.326. The van der Waals surface area contributed by atoms with E-state index in [1.807, 2.05) is 22.9 Å². The highest BCUT2D eigenvalue weighted by molar-refractivity contribution is 7.90. The minimum atomic E-state index is -3.94. The van der Waals surface area contributed by atoms with Gasteiger partial charge in [-0.3, -0.25) is 4.68 Å². The van der Waals surface area contributed by atoms with E-state index in [2.05, 4.69) is 5.10 Å². The SMILES string of the molecule is O=C(O)N1CCC(Cn2ncc3cc(-c4cn(S(=O)(=O)c5ccccc5)c5cc(F)ccc45)ccc32)CC1. The van der Waals surface area contributed by atoms with Gasteiger partial charge in [0, 0.05) is 42.2 Å². The average molecular weight is 533 g/mol. The molecule has 1 aliphatic heterocycles. The lowest BCUT2D eigenvalue weighted by atomic mass is 9.97. The molecule has 0 unspecified atom stereocenters. The number of hydrogen-bond donors (Lipinski definition) is 1. The monoisotopic (exact) mass is 532 g/mol. The molecule has 1 amide bonds. The number of piperidine rings is 1. The van der Waals surface area contributed by atoms with Gasteiger partial charge in [-0.05, 0) is 66.8 Å². The number of rotatable bonds is 5. The van der Waals surface area contributed by atoms with Gasteiger partial charge in [-0.2, -0.15) is 5.10 Å². The topological polar surface area (TPSA) is 97.4 Å². The smallest absolute Gasteiger partial charge is 0.407 e. The molecule has 1 N–H and O–H groups in total. The Morgan fingerprint density at radius 3 is 2.50 bits per heavy atom. The van der Waals surface area contributed by atoms with E-state index in [9.17, 15) is 22.7 Å². The molecule has 0 aliphatic carbocycles. The molecule has 0 saturated carbocycles. The van der Waals surface area contributed by atoms with Gasteiger partial charge in [-0.1, -0.05) is 24.3 Å². The van der Waals surface area contributed by atoms with Crippen molar-refractivity contribution in [2.45, 2.75) is 24.3 Å². The van der Waals surface area contributed by atoms with Crippen LogP contribution in [0.25, 0.3) is 32.9 Å². The van der Waals surface area contributed by atoms with Crippen molar-refractivity contribution in [1.29, 1.82) is 0 Å². The summed E-state index contributed by atoms with van der Waals surface area (Å²) < 4.78 is 44.2. The minimum absolute atomic E-state index is 0.124. The lowest BCUT2D eigenvalue weighted by molar-refractivity contribution is 0.121. The standard InChI is InChI=1S/C28H25FN4O4S/c29-22-7-8-24-25(18-33(27(24)15-22)38(36,37)23-4-2-1-3-5-23)20-6-9-26-21(14-20)16-30-32(26)17-19-10-12-31(13-11-19)28(34)35/h1-9,14-16,18-19H,10-13,17H2,(H,34,35). The fraction of sp³-hybridized carbons (Fsp3) is 0.214. The first kappa shape index (κ1) is 24.2. The predicted octanol–water partition coefficient (Wildman–Crippen LogP) is 5.42. The molecule has 38 heavy (non-hydrogen) atoms. The second kappa shape index (κ2) is 9.29. The number of aromatic nitrogens is 3. The Labute approximate surface area is 218 Å². The molecule has 8 nitrogen and oxygen atoms in total. The molecule has 1 aliphatic rings. The summed E-state index contributed by atoms with van der Waals surface area (Å²) in [6.45, 7) is 1.75. The van der Waals surface area contributed by atoms with Crippen LogP contribution < -0.4 is 0 Å². The highest BCUT2D eigenvalue weighted by atomic mass is 32.2. The van der Waals surface area contributed by atoms with Crippen LogP contribution in [0, 0.1) is 11.7 Å². The number of nitrogens with zero attached hydrogens (tertiary/aromatic N) is 4. The molecule has 0 atom stereocenters. The van der Waals surface area contributed by atoms with E-state index in [4.69, 9.17) is 0 Å². The van der Waals surface area contributed by atoms with Crippen LogP contribution in [0.2, 0.25) is 0 Å². The van der Waals surface area contributed by atoms with Gasteiger partial charge < -0.3 is 10.0 Å². The fourth-order valence-electron chi connectivity index (χ4n) is 5.26. The number of carboxylic acid groups (broad SMARTS) is 1. The normalized spacial score (nSPS) is 14.9. The summed E-state index contributed by atoms with van der Waals surface area (Å²) in [4.78, 5) is 12.8. The molecule has 6 rings (SSSR count). The molecule has 10 heteroatoms. The predicted molar refractivity (Wildman–Crippen MR) is 142 cm³/mol. The number of amides is 1. The third kappa shape index (κ3) is 4.20. The Morgan fingerprint density at radius 2 is 1.76 bits per heavy atom. The molecule has 3 heterocycles. The summed E-state index contributed by atoms with van der Waals surface area (Å²) in [5, 5.41) is 15.3. The molecule has 1 saturated heterocycles. The molecule has 3 aromatic carbocycles. The zero-order valence-electron chi connectivity index (χ0n) is 20.4. The van der Waals surface area contributed by atoms with Crippen molar-refractivity contribution < 1.29 is 22.7 Å². The molecule has 0 spiro atoms. The summed E-state index contributed by atoms with van der Waals surface area (Å²) in [5.74, 6) is -0.179. The van der Waals surface area contributed by atoms with Gasteiger partial charge in [-0.25, -0.2) is 21.6 Å². The summed E-state index contributed by atoms with van der Waals surface area (Å²) in [7, 11) is -3.94. The Morgan fingerprint density at radius 1 is 1.00 bits per heavy atom. The summed E-state index contributed by atoms with van der Waals surface area (Å²) in [6, 6.07) is 18.1. The number of benzene rings is 3. The first-order chi connectivity index (χ1) is 18.3. The summed E-state index contributed by atoms with van der Waals surface area (Å²) in [6.07, 6.45) is 4.04. The van der Waals surface area contributed by atoms with Crippen LogP contribution in [0.4, 0.5) is 9.18 Å². The Hall–Kier alpha value is -4.18. The Kier molecular flexibility index (Phi) is 5.91. The van der Waals surface area contributed by atoms with Gasteiger partial charge in [0.1, 0.15) is 5.82 Å². The maximum Gasteiger partial charge on any atom is 0.407 e. The minimum Gasteiger partial charge on any atom is -0.465 e. The largest absolute Gasteiger partial charge is 0.465 e. The van der Waals surface area contributed by atoms with Crippen molar-refractivity contribution in [3.63, 3.8) is 0 Å². The van der Waals surface area contributed by atoms with Crippen LogP contribution >= 0.6 is 0 Å². The van der Waals surface area contributed by atoms with Gasteiger partial charge >= 0.3 is 6.09 Å². The van der Waals surface area contributed by atoms with Crippen molar-refractivity contribution in [1.82, 2.24) is 18.7 Å². The molecule has 5 aromatic rings. The second-order valence-corrected chi connectivity index (χ2v) is 11.4.